The average Bonchev–Trinajstić information content (AvgIpc) is 2.70. The summed E-state index contributed by atoms with van der Waals surface area (Å²) in [5, 5.41) is 10.3. The maximum atomic E-state index is 12.5. The monoisotopic (exact) mass is 406 g/mol. The van der Waals surface area contributed by atoms with E-state index in [-0.39, 0.29) is 22.4 Å². The van der Waals surface area contributed by atoms with Gasteiger partial charge in [-0.3, -0.25) is 4.79 Å². The predicted octanol–water partition coefficient (Wildman–Crippen LogP) is 7.24. The molecule has 0 amide bonds. The first-order valence-corrected chi connectivity index (χ1v) is 12.1. The Labute approximate surface area is 182 Å². The number of ketones is 1. The minimum absolute atomic E-state index is 0.0815. The Morgan fingerprint density at radius 1 is 1.00 bits per heavy atom. The van der Waals surface area contributed by atoms with E-state index in [2.05, 4.69) is 46.8 Å². The van der Waals surface area contributed by atoms with Crippen molar-refractivity contribution in [1.29, 1.82) is 0 Å². The molecule has 1 N–H and O–H groups in total. The largest absolute Gasteiger partial charge is 0.504 e. The number of hydrogen-bond acceptors (Lipinski definition) is 2. The molecule has 3 fully saturated rings. The van der Waals surface area contributed by atoms with Crippen molar-refractivity contribution in [2.45, 2.75) is 86.5 Å². The molecule has 3 saturated carbocycles. The van der Waals surface area contributed by atoms with E-state index < -0.39 is 0 Å². The number of carbonyl (C=O) groups excluding carboxylic acids is 1. The van der Waals surface area contributed by atoms with Crippen molar-refractivity contribution in [3.63, 3.8) is 0 Å². The van der Waals surface area contributed by atoms with Gasteiger partial charge >= 0.3 is 0 Å². The van der Waals surface area contributed by atoms with Crippen molar-refractivity contribution >= 4 is 5.78 Å². The van der Waals surface area contributed by atoms with Crippen LogP contribution in [0.25, 0.3) is 0 Å². The normalized spacial score (nSPS) is 47.9. The molecule has 0 aromatic carbocycles. The van der Waals surface area contributed by atoms with Crippen molar-refractivity contribution in [2.75, 3.05) is 0 Å². The van der Waals surface area contributed by atoms with Gasteiger partial charge in [-0.25, -0.2) is 0 Å². The first-order chi connectivity index (χ1) is 14.0. The number of allylic oxidation sites excluding steroid dienone is 7. The minimum atomic E-state index is -0.224. The number of fused-ring (bicyclic) bond motifs is 7. The van der Waals surface area contributed by atoms with Gasteiger partial charge in [-0.15, -0.1) is 0 Å². The Balaban J connectivity index is 1.66. The summed E-state index contributed by atoms with van der Waals surface area (Å²) in [6.07, 6.45) is 15.3. The van der Waals surface area contributed by atoms with E-state index in [1.54, 1.807) is 11.6 Å². The summed E-state index contributed by atoms with van der Waals surface area (Å²) in [5.74, 6) is 1.30. The number of rotatable bonds is 0. The summed E-state index contributed by atoms with van der Waals surface area (Å²) in [7, 11) is 0. The van der Waals surface area contributed by atoms with Gasteiger partial charge < -0.3 is 5.11 Å². The highest BCUT2D eigenvalue weighted by Gasteiger charge is 2.65. The van der Waals surface area contributed by atoms with Gasteiger partial charge in [-0.1, -0.05) is 58.8 Å². The zero-order valence-corrected chi connectivity index (χ0v) is 19.7. The minimum Gasteiger partial charge on any atom is -0.504 e. The standard InChI is InChI=1S/C28H38O2/c1-17-9-10-25(3)11-13-27(5)22-8-7-19-18(2)24(30)21(29)16-20(19)26(22,4)12-14-28(27,6)23(25)15-17/h7-8,16-17,23,30H,9-15H2,1-6H3. The summed E-state index contributed by atoms with van der Waals surface area (Å²) in [4.78, 5) is 12.5. The van der Waals surface area contributed by atoms with Crippen LogP contribution in [0.1, 0.15) is 86.5 Å². The number of aliphatic hydroxyl groups excluding tert-OH is 1. The highest BCUT2D eigenvalue weighted by Crippen LogP contribution is 2.74. The van der Waals surface area contributed by atoms with E-state index in [1.807, 2.05) is 6.92 Å². The predicted molar refractivity (Wildman–Crippen MR) is 122 cm³/mol. The topological polar surface area (TPSA) is 37.3 Å². The Kier molecular flexibility index (Phi) is 4.08. The molecule has 2 nitrogen and oxygen atoms in total. The molecule has 0 aromatic rings. The van der Waals surface area contributed by atoms with E-state index in [4.69, 9.17) is 0 Å². The number of aliphatic hydroxyl groups is 1. The van der Waals surface area contributed by atoms with Gasteiger partial charge in [0.05, 0.1) is 0 Å². The zero-order chi connectivity index (χ0) is 21.7. The zero-order valence-electron chi connectivity index (χ0n) is 19.7. The SMILES string of the molecule is CC1=C(O)C(=O)C=C2C1=CC=C1C2(C)CCC2(C)C3CC(C)CCC3(C)CCC12C. The van der Waals surface area contributed by atoms with Crippen LogP contribution in [0, 0.1) is 33.5 Å². The molecule has 30 heavy (non-hydrogen) atoms. The van der Waals surface area contributed by atoms with Crippen LogP contribution in [-0.4, -0.2) is 10.9 Å². The third-order valence-electron chi connectivity index (χ3n) is 10.8. The van der Waals surface area contributed by atoms with Crippen LogP contribution in [0.5, 0.6) is 0 Å². The molecule has 162 valence electrons. The second-order valence-corrected chi connectivity index (χ2v) is 12.2. The molecular weight excluding hydrogens is 368 g/mol. The molecule has 0 bridgehead atoms. The van der Waals surface area contributed by atoms with Crippen LogP contribution in [0.3, 0.4) is 0 Å². The summed E-state index contributed by atoms with van der Waals surface area (Å²) in [5.41, 5.74) is 5.33. The van der Waals surface area contributed by atoms with Crippen LogP contribution in [-0.2, 0) is 4.79 Å². The quantitative estimate of drug-likeness (QED) is 0.460. The fourth-order valence-electron chi connectivity index (χ4n) is 8.51. The third kappa shape index (κ3) is 2.29. The van der Waals surface area contributed by atoms with Crippen LogP contribution in [0.15, 0.2) is 46.3 Å². The van der Waals surface area contributed by atoms with Crippen molar-refractivity contribution in [1.82, 2.24) is 0 Å². The van der Waals surface area contributed by atoms with Crippen LogP contribution >= 0.6 is 0 Å². The molecule has 0 spiro atoms. The first kappa shape index (κ1) is 20.3. The molecule has 6 atom stereocenters. The van der Waals surface area contributed by atoms with Crippen molar-refractivity contribution < 1.29 is 9.90 Å². The fraction of sp³-hybridized carbons (Fsp3) is 0.679. The lowest BCUT2D eigenvalue weighted by Crippen LogP contribution is -2.60. The lowest BCUT2D eigenvalue weighted by molar-refractivity contribution is -0.148. The number of carbonyl (C=O) groups is 1. The Bertz CT molecular complexity index is 961. The van der Waals surface area contributed by atoms with E-state index in [0.717, 1.165) is 35.0 Å². The molecule has 2 heteroatoms. The highest BCUT2D eigenvalue weighted by atomic mass is 16.3. The van der Waals surface area contributed by atoms with E-state index in [9.17, 15) is 9.90 Å². The van der Waals surface area contributed by atoms with Crippen molar-refractivity contribution in [2.24, 2.45) is 33.5 Å². The molecule has 0 heterocycles. The molecule has 5 rings (SSSR count). The number of hydrogen-bond donors (Lipinski definition) is 1. The van der Waals surface area contributed by atoms with Gasteiger partial charge in [-0.2, -0.15) is 0 Å². The molecule has 0 radical (unpaired) electrons. The average molecular weight is 407 g/mol. The second-order valence-electron chi connectivity index (χ2n) is 12.2. The van der Waals surface area contributed by atoms with E-state index in [0.29, 0.717) is 10.8 Å². The maximum absolute atomic E-state index is 12.5. The van der Waals surface area contributed by atoms with E-state index in [1.165, 1.54) is 38.5 Å². The third-order valence-corrected chi connectivity index (χ3v) is 10.8. The van der Waals surface area contributed by atoms with Gasteiger partial charge in [0.1, 0.15) is 0 Å². The molecule has 5 aliphatic carbocycles. The van der Waals surface area contributed by atoms with Gasteiger partial charge in [0.15, 0.2) is 5.76 Å². The smallest absolute Gasteiger partial charge is 0.220 e. The van der Waals surface area contributed by atoms with Gasteiger partial charge in [0.2, 0.25) is 5.78 Å². The van der Waals surface area contributed by atoms with E-state index >= 15 is 0 Å². The molecule has 6 unspecified atom stereocenters. The molecule has 0 aromatic heterocycles. The van der Waals surface area contributed by atoms with Gasteiger partial charge in [0.25, 0.3) is 0 Å². The first-order valence-electron chi connectivity index (χ1n) is 12.1. The molecular formula is C28H38O2. The summed E-state index contributed by atoms with van der Waals surface area (Å²) in [6, 6.07) is 0. The van der Waals surface area contributed by atoms with Crippen molar-refractivity contribution in [3.8, 4) is 0 Å². The summed E-state index contributed by atoms with van der Waals surface area (Å²) < 4.78 is 0. The lowest BCUT2D eigenvalue weighted by Gasteiger charge is -2.69. The Morgan fingerprint density at radius 3 is 2.47 bits per heavy atom. The Hall–Kier alpha value is -1.57. The fourth-order valence-corrected chi connectivity index (χ4v) is 8.51. The van der Waals surface area contributed by atoms with Gasteiger partial charge in [-0.05, 0) is 90.8 Å². The summed E-state index contributed by atoms with van der Waals surface area (Å²) >= 11 is 0. The van der Waals surface area contributed by atoms with Crippen LogP contribution in [0.4, 0.5) is 0 Å². The summed E-state index contributed by atoms with van der Waals surface area (Å²) in [6.45, 7) is 14.4. The van der Waals surface area contributed by atoms with Crippen molar-refractivity contribution in [3.05, 3.63) is 46.3 Å². The second kappa shape index (κ2) is 6.02. The molecule has 0 saturated heterocycles. The van der Waals surface area contributed by atoms with Gasteiger partial charge in [0, 0.05) is 11.0 Å². The molecule has 5 aliphatic rings. The molecule has 0 aliphatic heterocycles. The van der Waals surface area contributed by atoms with Crippen LogP contribution < -0.4 is 0 Å². The maximum Gasteiger partial charge on any atom is 0.220 e. The lowest BCUT2D eigenvalue weighted by atomic mass is 9.35. The highest BCUT2D eigenvalue weighted by molar-refractivity contribution is 6.06. The van der Waals surface area contributed by atoms with Crippen LogP contribution in [0.2, 0.25) is 0 Å². The Morgan fingerprint density at radius 2 is 1.73 bits per heavy atom.